The van der Waals surface area contributed by atoms with Gasteiger partial charge < -0.3 is 11.1 Å². The highest BCUT2D eigenvalue weighted by Crippen LogP contribution is 2.23. The molecule has 0 saturated carbocycles. The molecule has 1 heterocycles. The smallest absolute Gasteiger partial charge is 0.224 e. The lowest BCUT2D eigenvalue weighted by atomic mass is 10.2. The number of anilines is 2. The van der Waals surface area contributed by atoms with Crippen LogP contribution in [0.15, 0.2) is 41.8 Å². The highest BCUT2D eigenvalue weighted by molar-refractivity contribution is 7.99. The maximum Gasteiger partial charge on any atom is 0.224 e. The molecule has 1 aromatic carbocycles. The third kappa shape index (κ3) is 5.24. The molecule has 0 unspecified atom stereocenters. The minimum Gasteiger partial charge on any atom is -0.397 e. The van der Waals surface area contributed by atoms with Gasteiger partial charge in [-0.25, -0.2) is 4.98 Å². The standard InChI is InChI=1S/C14H15ClN4OS/c15-10-3-4-11(16)12(8-10)19-13(20)2-1-7-21-14-9-17-5-6-18-14/h3-6,8-9H,1-2,7,16H2,(H,19,20). The first-order chi connectivity index (χ1) is 10.1. The molecular formula is C14H15ClN4OS. The van der Waals surface area contributed by atoms with Crippen molar-refractivity contribution in [2.45, 2.75) is 17.9 Å². The van der Waals surface area contributed by atoms with Crippen LogP contribution in [0.5, 0.6) is 0 Å². The number of rotatable bonds is 6. The van der Waals surface area contributed by atoms with Gasteiger partial charge in [-0.1, -0.05) is 11.6 Å². The first-order valence-electron chi connectivity index (χ1n) is 6.39. The predicted octanol–water partition coefficient (Wildman–Crippen LogP) is 3.22. The zero-order valence-electron chi connectivity index (χ0n) is 11.3. The van der Waals surface area contributed by atoms with Gasteiger partial charge in [0.05, 0.1) is 17.6 Å². The number of nitrogens with two attached hydrogens (primary N) is 1. The SMILES string of the molecule is Nc1ccc(Cl)cc1NC(=O)CCCSc1cnccn1. The molecule has 0 fully saturated rings. The number of benzene rings is 1. The van der Waals surface area contributed by atoms with Crippen LogP contribution in [-0.4, -0.2) is 21.6 Å². The first-order valence-corrected chi connectivity index (χ1v) is 7.75. The summed E-state index contributed by atoms with van der Waals surface area (Å²) >= 11 is 7.45. The van der Waals surface area contributed by atoms with Crippen LogP contribution in [0.2, 0.25) is 5.02 Å². The Hall–Kier alpha value is -1.79. The van der Waals surface area contributed by atoms with E-state index in [0.717, 1.165) is 17.2 Å². The average molecular weight is 323 g/mol. The molecule has 7 heteroatoms. The van der Waals surface area contributed by atoms with E-state index in [9.17, 15) is 4.79 Å². The number of aromatic nitrogens is 2. The number of carbonyl (C=O) groups is 1. The fourth-order valence-electron chi connectivity index (χ4n) is 1.62. The number of halogens is 1. The summed E-state index contributed by atoms with van der Waals surface area (Å²) in [4.78, 5) is 20.0. The van der Waals surface area contributed by atoms with Crippen LogP contribution >= 0.6 is 23.4 Å². The van der Waals surface area contributed by atoms with E-state index < -0.39 is 0 Å². The molecule has 1 amide bonds. The zero-order chi connectivity index (χ0) is 15.1. The Morgan fingerprint density at radius 3 is 3.00 bits per heavy atom. The van der Waals surface area contributed by atoms with Gasteiger partial charge in [0, 0.05) is 29.6 Å². The van der Waals surface area contributed by atoms with Crippen LogP contribution in [0.1, 0.15) is 12.8 Å². The number of nitrogen functional groups attached to an aromatic ring is 1. The van der Waals surface area contributed by atoms with Gasteiger partial charge in [0.1, 0.15) is 5.03 Å². The molecule has 2 aromatic rings. The van der Waals surface area contributed by atoms with E-state index in [0.29, 0.717) is 22.8 Å². The highest BCUT2D eigenvalue weighted by atomic mass is 35.5. The van der Waals surface area contributed by atoms with E-state index >= 15 is 0 Å². The summed E-state index contributed by atoms with van der Waals surface area (Å²) in [6.07, 6.45) is 6.15. The fraction of sp³-hybridized carbons (Fsp3) is 0.214. The van der Waals surface area contributed by atoms with Crippen molar-refractivity contribution < 1.29 is 4.79 Å². The number of thioether (sulfide) groups is 1. The van der Waals surface area contributed by atoms with Crippen molar-refractivity contribution in [2.24, 2.45) is 0 Å². The number of amides is 1. The van der Waals surface area contributed by atoms with Crippen molar-refractivity contribution in [1.82, 2.24) is 9.97 Å². The topological polar surface area (TPSA) is 80.9 Å². The Kier molecular flexibility index (Phi) is 5.83. The maximum atomic E-state index is 11.8. The van der Waals surface area contributed by atoms with Crippen molar-refractivity contribution in [3.05, 3.63) is 41.8 Å². The molecule has 21 heavy (non-hydrogen) atoms. The first kappa shape index (κ1) is 15.6. The molecule has 0 saturated heterocycles. The minimum atomic E-state index is -0.0799. The van der Waals surface area contributed by atoms with E-state index in [1.807, 2.05) is 0 Å². The van der Waals surface area contributed by atoms with Gasteiger partial charge >= 0.3 is 0 Å². The Morgan fingerprint density at radius 1 is 1.38 bits per heavy atom. The van der Waals surface area contributed by atoms with Crippen LogP contribution in [0.3, 0.4) is 0 Å². The normalized spacial score (nSPS) is 10.3. The minimum absolute atomic E-state index is 0.0799. The Bertz CT molecular complexity index is 609. The Morgan fingerprint density at radius 2 is 2.24 bits per heavy atom. The number of hydrogen-bond acceptors (Lipinski definition) is 5. The summed E-state index contributed by atoms with van der Waals surface area (Å²) < 4.78 is 0. The fourth-order valence-corrected chi connectivity index (χ4v) is 2.56. The zero-order valence-corrected chi connectivity index (χ0v) is 12.8. The molecule has 110 valence electrons. The van der Waals surface area contributed by atoms with E-state index in [4.69, 9.17) is 17.3 Å². The second kappa shape index (κ2) is 7.85. The molecule has 2 rings (SSSR count). The molecule has 0 bridgehead atoms. The number of nitrogens with one attached hydrogen (secondary N) is 1. The lowest BCUT2D eigenvalue weighted by molar-refractivity contribution is -0.116. The third-order valence-electron chi connectivity index (χ3n) is 2.63. The molecule has 0 aliphatic rings. The van der Waals surface area contributed by atoms with Gasteiger partial charge in [-0.2, -0.15) is 0 Å². The molecule has 0 aliphatic carbocycles. The van der Waals surface area contributed by atoms with Crippen molar-refractivity contribution in [3.8, 4) is 0 Å². The lowest BCUT2D eigenvalue weighted by Gasteiger charge is -2.08. The van der Waals surface area contributed by atoms with E-state index in [1.54, 1.807) is 48.6 Å². The lowest BCUT2D eigenvalue weighted by Crippen LogP contribution is -2.12. The summed E-state index contributed by atoms with van der Waals surface area (Å²) in [7, 11) is 0. The molecule has 1 aromatic heterocycles. The molecule has 3 N–H and O–H groups in total. The summed E-state index contributed by atoms with van der Waals surface area (Å²) in [5.41, 5.74) is 6.83. The van der Waals surface area contributed by atoms with Crippen molar-refractivity contribution in [3.63, 3.8) is 0 Å². The molecule has 0 atom stereocenters. The van der Waals surface area contributed by atoms with Crippen molar-refractivity contribution in [1.29, 1.82) is 0 Å². The van der Waals surface area contributed by atoms with Crippen LogP contribution in [0.25, 0.3) is 0 Å². The van der Waals surface area contributed by atoms with Gasteiger partial charge in [-0.05, 0) is 24.6 Å². The highest BCUT2D eigenvalue weighted by Gasteiger charge is 2.06. The summed E-state index contributed by atoms with van der Waals surface area (Å²) in [5, 5.41) is 4.16. The van der Waals surface area contributed by atoms with Gasteiger partial charge in [-0.15, -0.1) is 11.8 Å². The summed E-state index contributed by atoms with van der Waals surface area (Å²) in [5.74, 6) is 0.723. The summed E-state index contributed by atoms with van der Waals surface area (Å²) in [6, 6.07) is 5.00. The van der Waals surface area contributed by atoms with Gasteiger partial charge in [0.2, 0.25) is 5.91 Å². The second-order valence-electron chi connectivity index (χ2n) is 4.28. The quantitative estimate of drug-likeness (QED) is 0.485. The van der Waals surface area contributed by atoms with E-state index in [1.165, 1.54) is 0 Å². The molecular weight excluding hydrogens is 308 g/mol. The van der Waals surface area contributed by atoms with Gasteiger partial charge in [0.25, 0.3) is 0 Å². The second-order valence-corrected chi connectivity index (χ2v) is 5.83. The maximum absolute atomic E-state index is 11.8. The van der Waals surface area contributed by atoms with Crippen LogP contribution < -0.4 is 11.1 Å². The van der Waals surface area contributed by atoms with E-state index in [2.05, 4.69) is 15.3 Å². The Balaban J connectivity index is 1.74. The monoisotopic (exact) mass is 322 g/mol. The van der Waals surface area contributed by atoms with Gasteiger partial charge in [-0.3, -0.25) is 9.78 Å². The predicted molar refractivity (Wildman–Crippen MR) is 86.5 cm³/mol. The average Bonchev–Trinajstić information content (AvgIpc) is 2.48. The molecule has 0 radical (unpaired) electrons. The number of hydrogen-bond donors (Lipinski definition) is 2. The van der Waals surface area contributed by atoms with Crippen molar-refractivity contribution >= 4 is 40.6 Å². The molecule has 0 spiro atoms. The largest absolute Gasteiger partial charge is 0.397 e. The summed E-state index contributed by atoms with van der Waals surface area (Å²) in [6.45, 7) is 0. The van der Waals surface area contributed by atoms with Crippen LogP contribution in [-0.2, 0) is 4.79 Å². The molecule has 5 nitrogen and oxygen atoms in total. The number of carbonyl (C=O) groups excluding carboxylic acids is 1. The van der Waals surface area contributed by atoms with Crippen LogP contribution in [0.4, 0.5) is 11.4 Å². The van der Waals surface area contributed by atoms with Gasteiger partial charge in [0.15, 0.2) is 0 Å². The molecule has 0 aliphatic heterocycles. The van der Waals surface area contributed by atoms with Crippen LogP contribution in [0, 0.1) is 0 Å². The Labute approximate surface area is 132 Å². The number of nitrogens with zero attached hydrogens (tertiary/aromatic N) is 2. The third-order valence-corrected chi connectivity index (χ3v) is 3.86. The van der Waals surface area contributed by atoms with E-state index in [-0.39, 0.29) is 5.91 Å². The van der Waals surface area contributed by atoms with Crippen molar-refractivity contribution in [2.75, 3.05) is 16.8 Å².